The molecule has 0 spiro atoms. The van der Waals surface area contributed by atoms with Crippen molar-refractivity contribution in [2.75, 3.05) is 7.05 Å². The summed E-state index contributed by atoms with van der Waals surface area (Å²) in [6.07, 6.45) is 4.38. The van der Waals surface area contributed by atoms with Crippen LogP contribution in [0.5, 0.6) is 0 Å². The molecule has 1 unspecified atom stereocenters. The molecule has 1 aromatic carbocycles. The van der Waals surface area contributed by atoms with Gasteiger partial charge in [0.2, 0.25) is 0 Å². The van der Waals surface area contributed by atoms with Gasteiger partial charge in [0.1, 0.15) is 0 Å². The average molecular weight is 283 g/mol. The van der Waals surface area contributed by atoms with Crippen LogP contribution in [0, 0.1) is 17.5 Å². The van der Waals surface area contributed by atoms with E-state index >= 15 is 0 Å². The molecule has 1 N–H and O–H groups in total. The van der Waals surface area contributed by atoms with Gasteiger partial charge in [0, 0.05) is 18.3 Å². The zero-order valence-electron chi connectivity index (χ0n) is 11.3. The van der Waals surface area contributed by atoms with Gasteiger partial charge >= 0.3 is 0 Å². The number of nitrogens with zero attached hydrogens (tertiary/aromatic N) is 2. The molecule has 0 amide bonds. The molecule has 0 radical (unpaired) electrons. The summed E-state index contributed by atoms with van der Waals surface area (Å²) < 4.78 is 41.4. The third-order valence-electron chi connectivity index (χ3n) is 3.07. The van der Waals surface area contributed by atoms with E-state index in [0.717, 1.165) is 30.7 Å². The summed E-state index contributed by atoms with van der Waals surface area (Å²) in [4.78, 5) is 0. The van der Waals surface area contributed by atoms with Crippen LogP contribution in [-0.4, -0.2) is 16.8 Å². The van der Waals surface area contributed by atoms with E-state index in [1.807, 2.05) is 13.1 Å². The quantitative estimate of drug-likeness (QED) is 0.855. The van der Waals surface area contributed by atoms with Gasteiger partial charge in [0.15, 0.2) is 17.5 Å². The van der Waals surface area contributed by atoms with Crippen molar-refractivity contribution in [1.82, 2.24) is 15.1 Å². The number of nitrogens with one attached hydrogen (secondary N) is 1. The van der Waals surface area contributed by atoms with Crippen molar-refractivity contribution in [3.05, 3.63) is 53.1 Å². The Morgan fingerprint density at radius 3 is 2.40 bits per heavy atom. The van der Waals surface area contributed by atoms with E-state index in [1.165, 1.54) is 0 Å². The summed E-state index contributed by atoms with van der Waals surface area (Å²) in [5, 5.41) is 7.13. The molecule has 0 aliphatic heterocycles. The summed E-state index contributed by atoms with van der Waals surface area (Å²) in [6.45, 7) is 2.80. The molecule has 0 fully saturated rings. The lowest BCUT2D eigenvalue weighted by atomic mass is 10.0. The fourth-order valence-corrected chi connectivity index (χ4v) is 2.15. The average Bonchev–Trinajstić information content (AvgIpc) is 2.85. The standard InChI is InChI=1S/C14H16F3N3/c1-3-4-20-8-10(7-19-20)14(18-2)9-5-11(15)13(17)12(16)6-9/h5-8,14,18H,3-4H2,1-2H3. The number of rotatable bonds is 5. The molecule has 0 saturated heterocycles. The molecule has 0 saturated carbocycles. The number of hydrogen-bond acceptors (Lipinski definition) is 2. The highest BCUT2D eigenvalue weighted by Gasteiger charge is 2.19. The first kappa shape index (κ1) is 14.6. The Morgan fingerprint density at radius 1 is 1.20 bits per heavy atom. The van der Waals surface area contributed by atoms with Crippen LogP contribution in [-0.2, 0) is 6.54 Å². The summed E-state index contributed by atoms with van der Waals surface area (Å²) in [5.41, 5.74) is 1.09. The van der Waals surface area contributed by atoms with Crippen LogP contribution in [0.2, 0.25) is 0 Å². The summed E-state index contributed by atoms with van der Waals surface area (Å²) in [7, 11) is 1.67. The Bertz CT molecular complexity index is 572. The van der Waals surface area contributed by atoms with Crippen LogP contribution in [0.3, 0.4) is 0 Å². The third kappa shape index (κ3) is 2.85. The molecule has 1 atom stereocenters. The van der Waals surface area contributed by atoms with E-state index < -0.39 is 23.5 Å². The van der Waals surface area contributed by atoms with Crippen molar-refractivity contribution < 1.29 is 13.2 Å². The van der Waals surface area contributed by atoms with Crippen LogP contribution >= 0.6 is 0 Å². The largest absolute Gasteiger partial charge is 0.309 e. The zero-order valence-corrected chi connectivity index (χ0v) is 11.3. The molecule has 108 valence electrons. The number of halogens is 3. The van der Waals surface area contributed by atoms with E-state index in [4.69, 9.17) is 0 Å². The van der Waals surface area contributed by atoms with Crippen molar-refractivity contribution in [3.8, 4) is 0 Å². The molecular formula is C14H16F3N3. The molecule has 6 heteroatoms. The van der Waals surface area contributed by atoms with E-state index in [2.05, 4.69) is 10.4 Å². The first-order valence-electron chi connectivity index (χ1n) is 6.40. The highest BCUT2D eigenvalue weighted by Crippen LogP contribution is 2.24. The Morgan fingerprint density at radius 2 is 1.85 bits per heavy atom. The molecule has 1 aromatic heterocycles. The van der Waals surface area contributed by atoms with Gasteiger partial charge in [-0.3, -0.25) is 4.68 Å². The molecule has 0 aliphatic rings. The minimum absolute atomic E-state index is 0.319. The van der Waals surface area contributed by atoms with Crippen molar-refractivity contribution in [2.45, 2.75) is 25.9 Å². The van der Waals surface area contributed by atoms with E-state index in [1.54, 1.807) is 17.9 Å². The molecule has 3 nitrogen and oxygen atoms in total. The Labute approximate surface area is 115 Å². The maximum atomic E-state index is 13.3. The van der Waals surface area contributed by atoms with Crippen LogP contribution < -0.4 is 5.32 Å². The minimum atomic E-state index is -1.45. The van der Waals surface area contributed by atoms with Crippen LogP contribution in [0.4, 0.5) is 13.2 Å². The van der Waals surface area contributed by atoms with Crippen LogP contribution in [0.15, 0.2) is 24.5 Å². The van der Waals surface area contributed by atoms with Gasteiger partial charge in [0.25, 0.3) is 0 Å². The van der Waals surface area contributed by atoms with Gasteiger partial charge in [-0.2, -0.15) is 5.10 Å². The van der Waals surface area contributed by atoms with Crippen LogP contribution in [0.25, 0.3) is 0 Å². The predicted molar refractivity (Wildman–Crippen MR) is 69.7 cm³/mol. The Balaban J connectivity index is 2.36. The first-order valence-corrected chi connectivity index (χ1v) is 6.40. The molecule has 2 rings (SSSR count). The van der Waals surface area contributed by atoms with Gasteiger partial charge in [0.05, 0.1) is 12.2 Å². The van der Waals surface area contributed by atoms with Crippen molar-refractivity contribution >= 4 is 0 Å². The van der Waals surface area contributed by atoms with Crippen molar-refractivity contribution in [3.63, 3.8) is 0 Å². The fourth-order valence-electron chi connectivity index (χ4n) is 2.15. The lowest BCUT2D eigenvalue weighted by molar-refractivity contribution is 0.443. The Kier molecular flexibility index (Phi) is 4.44. The summed E-state index contributed by atoms with van der Waals surface area (Å²) >= 11 is 0. The van der Waals surface area contributed by atoms with Gasteiger partial charge < -0.3 is 5.32 Å². The first-order chi connectivity index (χ1) is 9.56. The molecule has 0 bridgehead atoms. The second-order valence-electron chi connectivity index (χ2n) is 4.56. The maximum absolute atomic E-state index is 13.3. The topological polar surface area (TPSA) is 29.9 Å². The Hall–Kier alpha value is -1.82. The molecule has 2 aromatic rings. The van der Waals surface area contributed by atoms with Crippen molar-refractivity contribution in [2.24, 2.45) is 0 Å². The summed E-state index contributed by atoms with van der Waals surface area (Å²) in [6, 6.07) is 1.55. The lowest BCUT2D eigenvalue weighted by Crippen LogP contribution is -2.18. The van der Waals surface area contributed by atoms with Crippen LogP contribution in [0.1, 0.15) is 30.5 Å². The molecular weight excluding hydrogens is 267 g/mol. The normalized spacial score (nSPS) is 12.7. The second-order valence-corrected chi connectivity index (χ2v) is 4.56. The number of aryl methyl sites for hydroxylation is 1. The minimum Gasteiger partial charge on any atom is -0.309 e. The van der Waals surface area contributed by atoms with Crippen molar-refractivity contribution in [1.29, 1.82) is 0 Å². The third-order valence-corrected chi connectivity index (χ3v) is 3.07. The van der Waals surface area contributed by atoms with Gasteiger partial charge in [-0.25, -0.2) is 13.2 Å². The SMILES string of the molecule is CCCn1cc(C(NC)c2cc(F)c(F)c(F)c2)cn1. The smallest absolute Gasteiger partial charge is 0.194 e. The summed E-state index contributed by atoms with van der Waals surface area (Å²) in [5.74, 6) is -3.84. The van der Waals surface area contributed by atoms with Gasteiger partial charge in [-0.1, -0.05) is 6.92 Å². The molecule has 1 heterocycles. The fraction of sp³-hybridized carbons (Fsp3) is 0.357. The number of aromatic nitrogens is 2. The monoisotopic (exact) mass is 283 g/mol. The van der Waals surface area contributed by atoms with E-state index in [9.17, 15) is 13.2 Å². The highest BCUT2D eigenvalue weighted by molar-refractivity contribution is 5.30. The lowest BCUT2D eigenvalue weighted by Gasteiger charge is -2.15. The number of benzene rings is 1. The van der Waals surface area contributed by atoms with E-state index in [-0.39, 0.29) is 0 Å². The predicted octanol–water partition coefficient (Wildman–Crippen LogP) is 3.02. The van der Waals surface area contributed by atoms with Gasteiger partial charge in [-0.15, -0.1) is 0 Å². The molecule has 0 aliphatic carbocycles. The van der Waals surface area contributed by atoms with Gasteiger partial charge in [-0.05, 0) is 31.2 Å². The second kappa shape index (κ2) is 6.09. The highest BCUT2D eigenvalue weighted by atomic mass is 19.2. The maximum Gasteiger partial charge on any atom is 0.194 e. The number of hydrogen-bond donors (Lipinski definition) is 1. The van der Waals surface area contributed by atoms with E-state index in [0.29, 0.717) is 5.56 Å². The molecule has 20 heavy (non-hydrogen) atoms. The zero-order chi connectivity index (χ0) is 14.7.